The lowest BCUT2D eigenvalue weighted by Crippen LogP contribution is -2.37. The summed E-state index contributed by atoms with van der Waals surface area (Å²) in [6, 6.07) is 1.97. The number of carbonyl (C=O) groups is 1. The zero-order chi connectivity index (χ0) is 17.1. The van der Waals surface area contributed by atoms with E-state index in [1.54, 1.807) is 4.52 Å². The first-order chi connectivity index (χ1) is 11.5. The molecule has 0 bridgehead atoms. The minimum Gasteiger partial charge on any atom is -0.356 e. The molecule has 9 heteroatoms. The lowest BCUT2D eigenvalue weighted by Gasteiger charge is -2.33. The highest BCUT2D eigenvalue weighted by molar-refractivity contribution is 5.76. The molecular formula is C15H20F2N6O. The van der Waals surface area contributed by atoms with E-state index in [0.29, 0.717) is 12.2 Å². The molecule has 3 heterocycles. The molecule has 0 unspecified atom stereocenters. The molecule has 3 rings (SSSR count). The van der Waals surface area contributed by atoms with Crippen LogP contribution in [0.15, 0.2) is 12.4 Å². The Kier molecular flexibility index (Phi) is 4.86. The van der Waals surface area contributed by atoms with Crippen LogP contribution in [0, 0.1) is 12.8 Å². The molecule has 0 aliphatic carbocycles. The monoisotopic (exact) mass is 338 g/mol. The molecule has 24 heavy (non-hydrogen) atoms. The number of nitrogens with zero attached hydrogens (tertiary/aromatic N) is 5. The predicted octanol–water partition coefficient (Wildman–Crippen LogP) is 1.42. The lowest BCUT2D eigenvalue weighted by molar-refractivity contribution is -0.122. The van der Waals surface area contributed by atoms with Crippen LogP contribution in [0.4, 0.5) is 14.6 Å². The van der Waals surface area contributed by atoms with Crippen molar-refractivity contribution in [1.29, 1.82) is 0 Å². The molecule has 1 saturated heterocycles. The summed E-state index contributed by atoms with van der Waals surface area (Å²) in [7, 11) is 0. The maximum Gasteiger partial charge on any atom is 0.255 e. The van der Waals surface area contributed by atoms with Gasteiger partial charge in [-0.3, -0.25) is 4.79 Å². The average Bonchev–Trinajstić information content (AvgIpc) is 3.01. The van der Waals surface area contributed by atoms with E-state index in [1.807, 2.05) is 13.0 Å². The van der Waals surface area contributed by atoms with Gasteiger partial charge >= 0.3 is 0 Å². The minimum atomic E-state index is -2.50. The zero-order valence-electron chi connectivity index (χ0n) is 13.5. The highest BCUT2D eigenvalue weighted by atomic mass is 19.3. The summed E-state index contributed by atoms with van der Waals surface area (Å²) in [5.74, 6) is 1.43. The molecule has 1 aliphatic rings. The number of hydrogen-bond acceptors (Lipinski definition) is 5. The van der Waals surface area contributed by atoms with Gasteiger partial charge in [0.1, 0.15) is 12.1 Å². The first-order valence-corrected chi connectivity index (χ1v) is 8.00. The van der Waals surface area contributed by atoms with E-state index in [4.69, 9.17) is 0 Å². The number of halogens is 2. The molecule has 0 aromatic carbocycles. The van der Waals surface area contributed by atoms with Gasteiger partial charge in [0.25, 0.3) is 12.2 Å². The molecule has 1 amide bonds. The summed E-state index contributed by atoms with van der Waals surface area (Å²) in [5.41, 5.74) is 0.874. The van der Waals surface area contributed by atoms with E-state index in [1.165, 1.54) is 6.33 Å². The smallest absolute Gasteiger partial charge is 0.255 e. The summed E-state index contributed by atoms with van der Waals surface area (Å²) in [4.78, 5) is 22.3. The molecule has 7 nitrogen and oxygen atoms in total. The van der Waals surface area contributed by atoms with Crippen molar-refractivity contribution in [2.45, 2.75) is 32.6 Å². The van der Waals surface area contributed by atoms with Gasteiger partial charge in [0, 0.05) is 31.3 Å². The Labute approximate surface area is 138 Å². The first kappa shape index (κ1) is 16.5. The molecule has 0 spiro atoms. The number of rotatable bonds is 5. The predicted molar refractivity (Wildman–Crippen MR) is 84.1 cm³/mol. The van der Waals surface area contributed by atoms with Gasteiger partial charge in [-0.1, -0.05) is 0 Å². The number of piperidine rings is 1. The van der Waals surface area contributed by atoms with Gasteiger partial charge in [-0.25, -0.2) is 13.8 Å². The first-order valence-electron chi connectivity index (χ1n) is 8.00. The SMILES string of the molecule is Cc1cc(N2CCC(CC(=O)NCC(F)F)CC2)n2ncnc2n1. The molecule has 2 aromatic rings. The van der Waals surface area contributed by atoms with Crippen LogP contribution in [-0.2, 0) is 4.79 Å². The van der Waals surface area contributed by atoms with Crippen molar-refractivity contribution in [1.82, 2.24) is 24.9 Å². The Balaban J connectivity index is 1.58. The van der Waals surface area contributed by atoms with E-state index >= 15 is 0 Å². The van der Waals surface area contributed by atoms with Crippen LogP contribution in [0.25, 0.3) is 5.78 Å². The Bertz CT molecular complexity index is 711. The number of aryl methyl sites for hydroxylation is 1. The summed E-state index contributed by atoms with van der Waals surface area (Å²) in [6.07, 6.45) is 0.940. The standard InChI is InChI=1S/C15H20F2N6O/c1-10-6-14(23-15(21-10)19-9-20-23)22-4-2-11(3-5-22)7-13(24)18-8-12(16)17/h6,9,11-12H,2-5,7-8H2,1H3,(H,18,24). The number of aromatic nitrogens is 4. The highest BCUT2D eigenvalue weighted by Crippen LogP contribution is 2.25. The summed E-state index contributed by atoms with van der Waals surface area (Å²) >= 11 is 0. The van der Waals surface area contributed by atoms with Crippen LogP contribution in [-0.4, -0.2) is 51.5 Å². The quantitative estimate of drug-likeness (QED) is 0.892. The van der Waals surface area contributed by atoms with E-state index in [-0.39, 0.29) is 11.8 Å². The molecule has 2 aromatic heterocycles. The Morgan fingerprint density at radius 2 is 2.17 bits per heavy atom. The Morgan fingerprint density at radius 3 is 2.88 bits per heavy atom. The topological polar surface area (TPSA) is 75.4 Å². The van der Waals surface area contributed by atoms with Crippen molar-refractivity contribution in [3.8, 4) is 0 Å². The van der Waals surface area contributed by atoms with Gasteiger partial charge in [-0.2, -0.15) is 14.6 Å². The van der Waals surface area contributed by atoms with E-state index in [9.17, 15) is 13.6 Å². The fourth-order valence-electron chi connectivity index (χ4n) is 3.03. The molecule has 1 aliphatic heterocycles. The number of carbonyl (C=O) groups excluding carboxylic acids is 1. The van der Waals surface area contributed by atoms with Crippen LogP contribution in [0.1, 0.15) is 25.0 Å². The van der Waals surface area contributed by atoms with Crippen molar-refractivity contribution < 1.29 is 13.6 Å². The molecular weight excluding hydrogens is 318 g/mol. The maximum absolute atomic E-state index is 12.1. The fourth-order valence-corrected chi connectivity index (χ4v) is 3.03. The van der Waals surface area contributed by atoms with Crippen LogP contribution in [0.5, 0.6) is 0 Å². The van der Waals surface area contributed by atoms with Crippen LogP contribution < -0.4 is 10.2 Å². The summed E-state index contributed by atoms with van der Waals surface area (Å²) in [6.45, 7) is 2.91. The number of hydrogen-bond donors (Lipinski definition) is 1. The van der Waals surface area contributed by atoms with Gasteiger partial charge in [0.2, 0.25) is 5.91 Å². The highest BCUT2D eigenvalue weighted by Gasteiger charge is 2.23. The van der Waals surface area contributed by atoms with Crippen molar-refractivity contribution in [3.63, 3.8) is 0 Å². The van der Waals surface area contributed by atoms with E-state index in [0.717, 1.165) is 37.4 Å². The fraction of sp³-hybridized carbons (Fsp3) is 0.600. The summed E-state index contributed by atoms with van der Waals surface area (Å²) < 4.78 is 25.9. The van der Waals surface area contributed by atoms with Crippen molar-refractivity contribution in [2.75, 3.05) is 24.5 Å². The Hall–Kier alpha value is -2.32. The number of amides is 1. The lowest BCUT2D eigenvalue weighted by atomic mass is 9.93. The molecule has 0 saturated carbocycles. The van der Waals surface area contributed by atoms with Gasteiger partial charge < -0.3 is 10.2 Å². The summed E-state index contributed by atoms with van der Waals surface area (Å²) in [5, 5.41) is 6.48. The van der Waals surface area contributed by atoms with Crippen molar-refractivity contribution in [3.05, 3.63) is 18.1 Å². The van der Waals surface area contributed by atoms with Crippen molar-refractivity contribution >= 4 is 17.5 Å². The second-order valence-electron chi connectivity index (χ2n) is 6.06. The third-order valence-electron chi connectivity index (χ3n) is 4.23. The largest absolute Gasteiger partial charge is 0.356 e. The van der Waals surface area contributed by atoms with E-state index < -0.39 is 13.0 Å². The normalized spacial score (nSPS) is 16.1. The van der Waals surface area contributed by atoms with Gasteiger partial charge in [-0.15, -0.1) is 0 Å². The number of nitrogens with one attached hydrogen (secondary N) is 1. The van der Waals surface area contributed by atoms with Gasteiger partial charge in [-0.05, 0) is 25.7 Å². The molecule has 1 N–H and O–H groups in total. The third-order valence-corrected chi connectivity index (χ3v) is 4.23. The molecule has 1 fully saturated rings. The van der Waals surface area contributed by atoms with Crippen LogP contribution in [0.2, 0.25) is 0 Å². The third kappa shape index (κ3) is 3.77. The van der Waals surface area contributed by atoms with Gasteiger partial charge in [0.05, 0.1) is 6.54 Å². The second kappa shape index (κ2) is 7.06. The molecule has 0 atom stereocenters. The number of fused-ring (bicyclic) bond motifs is 1. The zero-order valence-corrected chi connectivity index (χ0v) is 13.5. The van der Waals surface area contributed by atoms with Gasteiger partial charge in [0.15, 0.2) is 0 Å². The molecule has 0 radical (unpaired) electrons. The minimum absolute atomic E-state index is 0.216. The Morgan fingerprint density at radius 1 is 1.42 bits per heavy atom. The molecule has 130 valence electrons. The van der Waals surface area contributed by atoms with Crippen LogP contribution in [0.3, 0.4) is 0 Å². The number of anilines is 1. The average molecular weight is 338 g/mol. The van der Waals surface area contributed by atoms with Crippen molar-refractivity contribution in [2.24, 2.45) is 5.92 Å². The maximum atomic E-state index is 12.1. The van der Waals surface area contributed by atoms with E-state index in [2.05, 4.69) is 25.3 Å². The van der Waals surface area contributed by atoms with Crippen LogP contribution >= 0.6 is 0 Å². The number of alkyl halides is 2. The second-order valence-corrected chi connectivity index (χ2v) is 6.06.